The first kappa shape index (κ1) is 19.0. The Hall–Kier alpha value is -2.73. The highest BCUT2D eigenvalue weighted by Gasteiger charge is 2.25. The van der Waals surface area contributed by atoms with Crippen molar-refractivity contribution in [1.29, 1.82) is 0 Å². The van der Waals surface area contributed by atoms with Gasteiger partial charge in [-0.15, -0.1) is 0 Å². The van der Waals surface area contributed by atoms with Crippen LogP contribution in [0.5, 0.6) is 0 Å². The zero-order valence-corrected chi connectivity index (χ0v) is 15.9. The van der Waals surface area contributed by atoms with E-state index in [1.54, 1.807) is 29.2 Å². The van der Waals surface area contributed by atoms with Crippen molar-refractivity contribution < 1.29 is 14.3 Å². The lowest BCUT2D eigenvalue weighted by atomic mass is 10.1. The van der Waals surface area contributed by atoms with Gasteiger partial charge in [0.2, 0.25) is 5.91 Å². The van der Waals surface area contributed by atoms with Gasteiger partial charge in [-0.05, 0) is 42.3 Å². The smallest absolute Gasteiger partial charge is 0.254 e. The van der Waals surface area contributed by atoms with Gasteiger partial charge in [0, 0.05) is 44.1 Å². The average Bonchev–Trinajstić information content (AvgIpc) is 3.14. The maximum absolute atomic E-state index is 13.1. The molecule has 6 nitrogen and oxygen atoms in total. The van der Waals surface area contributed by atoms with Crippen molar-refractivity contribution in [2.45, 2.75) is 26.3 Å². The Kier molecular flexibility index (Phi) is 6.19. The van der Waals surface area contributed by atoms with Crippen LogP contribution >= 0.6 is 0 Å². The first-order chi connectivity index (χ1) is 13.1. The summed E-state index contributed by atoms with van der Waals surface area (Å²) >= 11 is 0. The number of rotatable bonds is 7. The highest BCUT2D eigenvalue weighted by molar-refractivity contribution is 5.98. The summed E-state index contributed by atoms with van der Waals surface area (Å²) in [5.41, 5.74) is 3.44. The highest BCUT2D eigenvalue weighted by atomic mass is 16.5. The summed E-state index contributed by atoms with van der Waals surface area (Å²) in [7, 11) is 1.62. The number of benzene rings is 1. The zero-order valence-electron chi connectivity index (χ0n) is 15.9. The highest BCUT2D eigenvalue weighted by Crippen LogP contribution is 2.29. The van der Waals surface area contributed by atoms with E-state index in [1.807, 2.05) is 37.3 Å². The predicted octanol–water partition coefficient (Wildman–Crippen LogP) is 2.67. The number of anilines is 1. The molecular formula is C21H25N3O3. The lowest BCUT2D eigenvalue weighted by Gasteiger charge is -2.23. The van der Waals surface area contributed by atoms with E-state index in [0.717, 1.165) is 23.4 Å². The summed E-state index contributed by atoms with van der Waals surface area (Å²) in [6.45, 7) is 3.93. The van der Waals surface area contributed by atoms with Gasteiger partial charge < -0.3 is 14.5 Å². The van der Waals surface area contributed by atoms with Gasteiger partial charge in [0.05, 0.1) is 18.8 Å². The number of hydrogen-bond donors (Lipinski definition) is 0. The summed E-state index contributed by atoms with van der Waals surface area (Å²) in [6, 6.07) is 11.3. The van der Waals surface area contributed by atoms with Crippen LogP contribution in [0, 0.1) is 0 Å². The van der Waals surface area contributed by atoms with Gasteiger partial charge in [-0.25, -0.2) is 0 Å². The number of aromatic nitrogens is 1. The molecule has 2 aromatic rings. The van der Waals surface area contributed by atoms with Crippen LogP contribution in [0.1, 0.15) is 35.0 Å². The number of hydrogen-bond acceptors (Lipinski definition) is 4. The van der Waals surface area contributed by atoms with Crippen molar-refractivity contribution in [3.05, 3.63) is 59.4 Å². The Morgan fingerprint density at radius 1 is 1.26 bits per heavy atom. The minimum absolute atomic E-state index is 0.0548. The van der Waals surface area contributed by atoms with Crippen molar-refractivity contribution in [1.82, 2.24) is 9.88 Å². The molecule has 1 aliphatic heterocycles. The molecule has 0 spiro atoms. The first-order valence-electron chi connectivity index (χ1n) is 9.25. The molecule has 1 aromatic heterocycles. The van der Waals surface area contributed by atoms with Crippen LogP contribution in [0.15, 0.2) is 42.6 Å². The molecule has 0 aliphatic carbocycles. The molecule has 0 radical (unpaired) electrons. The van der Waals surface area contributed by atoms with Crippen LogP contribution in [0.4, 0.5) is 5.69 Å². The number of nitrogens with zero attached hydrogens (tertiary/aromatic N) is 3. The number of ether oxygens (including phenoxy) is 1. The molecule has 3 rings (SSSR count). The van der Waals surface area contributed by atoms with E-state index < -0.39 is 0 Å². The van der Waals surface area contributed by atoms with Crippen LogP contribution in [-0.2, 0) is 22.5 Å². The number of carbonyl (C=O) groups excluding carboxylic acids is 2. The van der Waals surface area contributed by atoms with Crippen LogP contribution in [0.25, 0.3) is 0 Å². The van der Waals surface area contributed by atoms with E-state index in [4.69, 9.17) is 4.74 Å². The Bertz CT molecular complexity index is 808. The molecule has 0 fully saturated rings. The van der Waals surface area contributed by atoms with E-state index >= 15 is 0 Å². The molecule has 6 heteroatoms. The van der Waals surface area contributed by atoms with Gasteiger partial charge >= 0.3 is 0 Å². The lowest BCUT2D eigenvalue weighted by Crippen LogP contribution is -2.33. The van der Waals surface area contributed by atoms with Gasteiger partial charge in [-0.2, -0.15) is 0 Å². The largest absolute Gasteiger partial charge is 0.383 e. The predicted molar refractivity (Wildman–Crippen MR) is 104 cm³/mol. The molecular weight excluding hydrogens is 342 g/mol. The fourth-order valence-corrected chi connectivity index (χ4v) is 3.31. The minimum Gasteiger partial charge on any atom is -0.383 e. The molecule has 2 amide bonds. The molecule has 0 bridgehead atoms. The van der Waals surface area contributed by atoms with Crippen LogP contribution in [-0.4, -0.2) is 48.5 Å². The second kappa shape index (κ2) is 8.77. The standard InChI is InChI=1S/C21H25N3O3/c1-3-20(25)24-11-9-16-14-17(7-8-19(16)24)21(26)23(12-13-27-2)15-18-6-4-5-10-22-18/h4-8,10,14H,3,9,11-13,15H2,1-2H3. The summed E-state index contributed by atoms with van der Waals surface area (Å²) in [5, 5.41) is 0. The van der Waals surface area contributed by atoms with Gasteiger partial charge in [0.15, 0.2) is 0 Å². The maximum Gasteiger partial charge on any atom is 0.254 e. The molecule has 2 heterocycles. The van der Waals surface area contributed by atoms with E-state index in [0.29, 0.717) is 38.2 Å². The van der Waals surface area contributed by atoms with Crippen molar-refractivity contribution in [3.63, 3.8) is 0 Å². The Labute approximate surface area is 159 Å². The summed E-state index contributed by atoms with van der Waals surface area (Å²) in [6.07, 6.45) is 2.98. The topological polar surface area (TPSA) is 62.7 Å². The fraction of sp³-hybridized carbons (Fsp3) is 0.381. The van der Waals surface area contributed by atoms with Crippen molar-refractivity contribution in [3.8, 4) is 0 Å². The quantitative estimate of drug-likeness (QED) is 0.755. The van der Waals surface area contributed by atoms with E-state index in [-0.39, 0.29) is 11.8 Å². The van der Waals surface area contributed by atoms with Crippen molar-refractivity contribution in [2.24, 2.45) is 0 Å². The number of carbonyl (C=O) groups is 2. The number of methoxy groups -OCH3 is 1. The van der Waals surface area contributed by atoms with Gasteiger partial charge in [0.1, 0.15) is 0 Å². The molecule has 0 N–H and O–H groups in total. The van der Waals surface area contributed by atoms with Crippen molar-refractivity contribution >= 4 is 17.5 Å². The van der Waals surface area contributed by atoms with E-state index in [1.165, 1.54) is 0 Å². The molecule has 0 saturated heterocycles. The normalized spacial score (nSPS) is 12.7. The maximum atomic E-state index is 13.1. The molecule has 1 aromatic carbocycles. The third-order valence-electron chi connectivity index (χ3n) is 4.76. The second-order valence-corrected chi connectivity index (χ2v) is 6.53. The number of amides is 2. The molecule has 1 aliphatic rings. The van der Waals surface area contributed by atoms with E-state index in [2.05, 4.69) is 4.98 Å². The molecule has 142 valence electrons. The summed E-state index contributed by atoms with van der Waals surface area (Å²) in [5.74, 6) is 0.0606. The Balaban J connectivity index is 1.80. The molecule has 27 heavy (non-hydrogen) atoms. The lowest BCUT2D eigenvalue weighted by molar-refractivity contribution is -0.118. The monoisotopic (exact) mass is 367 g/mol. The van der Waals surface area contributed by atoms with Gasteiger partial charge in [0.25, 0.3) is 5.91 Å². The average molecular weight is 367 g/mol. The minimum atomic E-state index is -0.0548. The van der Waals surface area contributed by atoms with Crippen LogP contribution < -0.4 is 4.90 Å². The SMILES string of the molecule is CCC(=O)N1CCc2cc(C(=O)N(CCOC)Cc3ccccn3)ccc21. The summed E-state index contributed by atoms with van der Waals surface area (Å²) in [4.78, 5) is 33.0. The molecule has 0 unspecified atom stereocenters. The third kappa shape index (κ3) is 4.34. The summed E-state index contributed by atoms with van der Waals surface area (Å²) < 4.78 is 5.16. The van der Waals surface area contributed by atoms with E-state index in [9.17, 15) is 9.59 Å². The number of fused-ring (bicyclic) bond motifs is 1. The molecule has 0 saturated carbocycles. The Morgan fingerprint density at radius 2 is 2.11 bits per heavy atom. The fourth-order valence-electron chi connectivity index (χ4n) is 3.31. The number of pyridine rings is 1. The Morgan fingerprint density at radius 3 is 2.81 bits per heavy atom. The van der Waals surface area contributed by atoms with Crippen LogP contribution in [0.3, 0.4) is 0 Å². The van der Waals surface area contributed by atoms with Gasteiger partial charge in [-0.1, -0.05) is 13.0 Å². The van der Waals surface area contributed by atoms with Crippen LogP contribution in [0.2, 0.25) is 0 Å². The third-order valence-corrected chi connectivity index (χ3v) is 4.76. The molecule has 0 atom stereocenters. The first-order valence-corrected chi connectivity index (χ1v) is 9.25. The second-order valence-electron chi connectivity index (χ2n) is 6.53. The van der Waals surface area contributed by atoms with Gasteiger partial charge in [-0.3, -0.25) is 14.6 Å². The van der Waals surface area contributed by atoms with Crippen molar-refractivity contribution in [2.75, 3.05) is 31.7 Å². The zero-order chi connectivity index (χ0) is 19.2.